The number of rotatable bonds is 3. The highest BCUT2D eigenvalue weighted by Gasteiger charge is 2.30. The summed E-state index contributed by atoms with van der Waals surface area (Å²) in [7, 11) is 0. The van der Waals surface area contributed by atoms with Gasteiger partial charge in [-0.15, -0.1) is 0 Å². The monoisotopic (exact) mass is 395 g/mol. The molecule has 0 unspecified atom stereocenters. The number of benzene rings is 1. The molecule has 4 aromatic rings. The number of nitrogens with one attached hydrogen (secondary N) is 1. The van der Waals surface area contributed by atoms with Gasteiger partial charge in [0.05, 0.1) is 22.8 Å². The molecule has 1 N–H and O–H groups in total. The van der Waals surface area contributed by atoms with Gasteiger partial charge in [0.15, 0.2) is 5.82 Å². The molecule has 1 amide bonds. The maximum absolute atomic E-state index is 13.1. The van der Waals surface area contributed by atoms with Crippen molar-refractivity contribution in [3.63, 3.8) is 0 Å². The summed E-state index contributed by atoms with van der Waals surface area (Å²) in [5.41, 5.74) is 0.844. The van der Waals surface area contributed by atoms with Gasteiger partial charge in [-0.2, -0.15) is 13.2 Å². The van der Waals surface area contributed by atoms with Crippen molar-refractivity contribution in [1.82, 2.24) is 19.9 Å². The first-order valence-electron chi connectivity index (χ1n) is 8.42. The second-order valence-electron chi connectivity index (χ2n) is 6.05. The first kappa shape index (κ1) is 18.5. The molecule has 144 valence electrons. The number of carbonyl (C=O) groups excluding carboxylic acids is 1. The van der Waals surface area contributed by atoms with E-state index in [1.165, 1.54) is 36.9 Å². The molecule has 0 fully saturated rings. The number of fused-ring (bicyclic) bond motifs is 1. The van der Waals surface area contributed by atoms with E-state index in [9.17, 15) is 18.0 Å². The lowest BCUT2D eigenvalue weighted by Gasteiger charge is -2.11. The van der Waals surface area contributed by atoms with Crippen LogP contribution in [0, 0.1) is 0 Å². The number of anilines is 1. The Bertz CT molecular complexity index is 1200. The fourth-order valence-corrected chi connectivity index (χ4v) is 2.79. The summed E-state index contributed by atoms with van der Waals surface area (Å²) in [4.78, 5) is 28.8. The lowest BCUT2D eigenvalue weighted by atomic mass is 10.0. The molecule has 0 aliphatic rings. The number of carbonyl (C=O) groups is 1. The van der Waals surface area contributed by atoms with Gasteiger partial charge in [-0.1, -0.05) is 12.1 Å². The predicted molar refractivity (Wildman–Crippen MR) is 100.0 cm³/mol. The first-order valence-corrected chi connectivity index (χ1v) is 8.42. The summed E-state index contributed by atoms with van der Waals surface area (Å²) >= 11 is 0. The van der Waals surface area contributed by atoms with Crippen LogP contribution in [0.5, 0.6) is 0 Å². The minimum atomic E-state index is -4.46. The molecule has 0 saturated carbocycles. The SMILES string of the molecule is O=C(Nc1cnccn1)c1ccc2nccc(-c3cccc(C(F)(F)F)c3)c2n1. The van der Waals surface area contributed by atoms with Gasteiger partial charge in [-0.25, -0.2) is 9.97 Å². The second kappa shape index (κ2) is 7.27. The minimum Gasteiger partial charge on any atom is -0.304 e. The number of aromatic nitrogens is 4. The van der Waals surface area contributed by atoms with E-state index in [2.05, 4.69) is 25.3 Å². The standard InChI is InChI=1S/C20H12F3N5O/c21-20(22,23)13-3-1-2-12(10-13)14-6-7-25-15-4-5-16(27-18(14)15)19(29)28-17-11-24-8-9-26-17/h1-11H,(H,26,28,29). The van der Waals surface area contributed by atoms with Crippen molar-refractivity contribution in [2.24, 2.45) is 0 Å². The van der Waals surface area contributed by atoms with Crippen molar-refractivity contribution in [3.8, 4) is 11.1 Å². The molecule has 3 aromatic heterocycles. The van der Waals surface area contributed by atoms with Crippen LogP contribution < -0.4 is 5.32 Å². The highest BCUT2D eigenvalue weighted by atomic mass is 19.4. The largest absolute Gasteiger partial charge is 0.416 e. The number of pyridine rings is 2. The Hall–Kier alpha value is -3.88. The van der Waals surface area contributed by atoms with Crippen LogP contribution in [0.15, 0.2) is 67.3 Å². The normalized spacial score (nSPS) is 11.4. The summed E-state index contributed by atoms with van der Waals surface area (Å²) < 4.78 is 39.2. The Morgan fingerprint density at radius 3 is 2.59 bits per heavy atom. The van der Waals surface area contributed by atoms with Crippen LogP contribution in [0.1, 0.15) is 16.1 Å². The van der Waals surface area contributed by atoms with E-state index in [0.717, 1.165) is 12.1 Å². The third-order valence-corrected chi connectivity index (χ3v) is 4.12. The van der Waals surface area contributed by atoms with Gasteiger partial charge >= 0.3 is 6.18 Å². The molecule has 29 heavy (non-hydrogen) atoms. The molecule has 0 aliphatic carbocycles. The highest BCUT2D eigenvalue weighted by molar-refractivity contribution is 6.04. The predicted octanol–water partition coefficient (Wildman–Crippen LogP) is 4.36. The van der Waals surface area contributed by atoms with E-state index in [-0.39, 0.29) is 11.5 Å². The maximum Gasteiger partial charge on any atom is 0.416 e. The Morgan fingerprint density at radius 2 is 1.83 bits per heavy atom. The molecule has 0 atom stereocenters. The van der Waals surface area contributed by atoms with Crippen LogP contribution in [0.25, 0.3) is 22.2 Å². The fourth-order valence-electron chi connectivity index (χ4n) is 2.79. The third kappa shape index (κ3) is 3.88. The molecule has 0 bridgehead atoms. The van der Waals surface area contributed by atoms with E-state index in [1.54, 1.807) is 18.2 Å². The Kier molecular flexibility index (Phi) is 4.63. The summed E-state index contributed by atoms with van der Waals surface area (Å²) in [6.45, 7) is 0. The van der Waals surface area contributed by atoms with E-state index >= 15 is 0 Å². The number of alkyl halides is 3. The summed E-state index contributed by atoms with van der Waals surface area (Å²) in [6.07, 6.45) is 1.30. The first-order chi connectivity index (χ1) is 13.9. The van der Waals surface area contributed by atoms with Gasteiger partial charge < -0.3 is 5.32 Å². The van der Waals surface area contributed by atoms with Crippen molar-refractivity contribution in [3.05, 3.63) is 78.5 Å². The smallest absolute Gasteiger partial charge is 0.304 e. The molecular formula is C20H12F3N5O. The summed E-state index contributed by atoms with van der Waals surface area (Å²) in [5.74, 6) is -0.269. The van der Waals surface area contributed by atoms with Crippen LogP contribution in [0.2, 0.25) is 0 Å². The topological polar surface area (TPSA) is 80.7 Å². The molecule has 0 spiro atoms. The third-order valence-electron chi connectivity index (χ3n) is 4.12. The highest BCUT2D eigenvalue weighted by Crippen LogP contribution is 2.33. The zero-order valence-electron chi connectivity index (χ0n) is 14.7. The van der Waals surface area contributed by atoms with E-state index in [4.69, 9.17) is 0 Å². The van der Waals surface area contributed by atoms with Crippen molar-refractivity contribution in [1.29, 1.82) is 0 Å². The number of hydrogen-bond acceptors (Lipinski definition) is 5. The van der Waals surface area contributed by atoms with E-state index in [0.29, 0.717) is 22.2 Å². The zero-order chi connectivity index (χ0) is 20.4. The number of nitrogens with zero attached hydrogens (tertiary/aromatic N) is 4. The molecule has 6 nitrogen and oxygen atoms in total. The molecule has 4 rings (SSSR count). The molecular weight excluding hydrogens is 383 g/mol. The van der Waals surface area contributed by atoms with Gasteiger partial charge in [0.25, 0.3) is 5.91 Å². The van der Waals surface area contributed by atoms with E-state index in [1.807, 2.05) is 0 Å². The van der Waals surface area contributed by atoms with Crippen molar-refractivity contribution in [2.75, 3.05) is 5.32 Å². The van der Waals surface area contributed by atoms with Gasteiger partial charge in [-0.05, 0) is 35.9 Å². The molecule has 0 aliphatic heterocycles. The Balaban J connectivity index is 1.76. The van der Waals surface area contributed by atoms with Crippen LogP contribution >= 0.6 is 0 Å². The van der Waals surface area contributed by atoms with Gasteiger partial charge in [0, 0.05) is 24.2 Å². The molecule has 9 heteroatoms. The lowest BCUT2D eigenvalue weighted by Crippen LogP contribution is -2.14. The molecule has 0 radical (unpaired) electrons. The molecule has 3 heterocycles. The second-order valence-corrected chi connectivity index (χ2v) is 6.05. The van der Waals surface area contributed by atoms with Crippen molar-refractivity contribution < 1.29 is 18.0 Å². The lowest BCUT2D eigenvalue weighted by molar-refractivity contribution is -0.137. The summed E-state index contributed by atoms with van der Waals surface area (Å²) in [6, 6.07) is 9.56. The van der Waals surface area contributed by atoms with Crippen LogP contribution in [-0.2, 0) is 6.18 Å². The van der Waals surface area contributed by atoms with Crippen LogP contribution in [-0.4, -0.2) is 25.8 Å². The Labute approximate surface area is 162 Å². The Morgan fingerprint density at radius 1 is 0.966 bits per heavy atom. The average molecular weight is 395 g/mol. The van der Waals surface area contributed by atoms with Gasteiger partial charge in [0.2, 0.25) is 0 Å². The van der Waals surface area contributed by atoms with Crippen LogP contribution in [0.4, 0.5) is 19.0 Å². The number of hydrogen-bond donors (Lipinski definition) is 1. The average Bonchev–Trinajstić information content (AvgIpc) is 2.73. The summed E-state index contributed by atoms with van der Waals surface area (Å²) in [5, 5.41) is 2.57. The minimum absolute atomic E-state index is 0.0735. The van der Waals surface area contributed by atoms with E-state index < -0.39 is 17.6 Å². The van der Waals surface area contributed by atoms with Crippen molar-refractivity contribution in [2.45, 2.75) is 6.18 Å². The number of halogens is 3. The maximum atomic E-state index is 13.1. The molecule has 0 saturated heterocycles. The van der Waals surface area contributed by atoms with Gasteiger partial charge in [0.1, 0.15) is 5.69 Å². The van der Waals surface area contributed by atoms with Crippen molar-refractivity contribution >= 4 is 22.8 Å². The molecule has 1 aromatic carbocycles. The quantitative estimate of drug-likeness (QED) is 0.558. The van der Waals surface area contributed by atoms with Gasteiger partial charge in [-0.3, -0.25) is 14.8 Å². The van der Waals surface area contributed by atoms with Crippen LogP contribution in [0.3, 0.4) is 0 Å². The fraction of sp³-hybridized carbons (Fsp3) is 0.0500. The number of amides is 1. The zero-order valence-corrected chi connectivity index (χ0v) is 14.7.